The average Bonchev–Trinajstić information content (AvgIpc) is 3.80. The number of anilines is 1. The molecule has 69 heavy (non-hydrogen) atoms. The third-order valence-corrected chi connectivity index (χ3v) is 15.1. The molecule has 0 radical (unpaired) electrons. The summed E-state index contributed by atoms with van der Waals surface area (Å²) in [5.74, 6) is -1.95. The number of ether oxygens (including phenoxy) is 4. The predicted molar refractivity (Wildman–Crippen MR) is 260 cm³/mol. The van der Waals surface area contributed by atoms with E-state index in [4.69, 9.17) is 30.5 Å². The predicted octanol–water partition coefficient (Wildman–Crippen LogP) is 9.82. The van der Waals surface area contributed by atoms with Crippen LogP contribution < -0.4 is 14.4 Å². The Morgan fingerprint density at radius 2 is 1.74 bits per heavy atom. The van der Waals surface area contributed by atoms with Crippen LogP contribution in [0.1, 0.15) is 92.9 Å². The zero-order valence-corrected chi connectivity index (χ0v) is 40.7. The van der Waals surface area contributed by atoms with Crippen molar-refractivity contribution in [2.45, 2.75) is 82.7 Å². The Balaban J connectivity index is 1.08. The molecule has 4 aromatic rings. The van der Waals surface area contributed by atoms with E-state index in [-0.39, 0.29) is 55.0 Å². The number of halogens is 2. The number of nitro groups is 1. The molecule has 1 aromatic heterocycles. The van der Waals surface area contributed by atoms with Gasteiger partial charge in [-0.2, -0.15) is 4.31 Å². The second-order valence-electron chi connectivity index (χ2n) is 18.8. The molecule has 1 amide bonds. The van der Waals surface area contributed by atoms with Gasteiger partial charge in [0.15, 0.2) is 12.5 Å². The maximum atomic E-state index is 15.4. The highest BCUT2D eigenvalue weighted by molar-refractivity contribution is 7.89. The number of aromatic nitrogens is 1. The van der Waals surface area contributed by atoms with Crippen LogP contribution in [0.2, 0.25) is 5.02 Å². The van der Waals surface area contributed by atoms with Gasteiger partial charge in [0.1, 0.15) is 23.8 Å². The molecule has 15 nitrogen and oxygen atoms in total. The van der Waals surface area contributed by atoms with E-state index in [0.717, 1.165) is 74.0 Å². The fourth-order valence-corrected chi connectivity index (χ4v) is 10.5. The van der Waals surface area contributed by atoms with E-state index < -0.39 is 56.4 Å². The summed E-state index contributed by atoms with van der Waals surface area (Å²) in [4.78, 5) is 47.5. The van der Waals surface area contributed by atoms with Gasteiger partial charge in [-0.05, 0) is 90.3 Å². The zero-order valence-electron chi connectivity index (χ0n) is 39.1. The van der Waals surface area contributed by atoms with Gasteiger partial charge < -0.3 is 23.8 Å². The molecule has 0 spiro atoms. The number of pyridine rings is 1. The quantitative estimate of drug-likeness (QED) is 0.0424. The number of hydrogen-bond acceptors (Lipinski definition) is 13. The lowest BCUT2D eigenvalue weighted by Gasteiger charge is -2.39. The molecule has 2 fully saturated rings. The number of nitrogens with zero attached hydrogens (tertiary/aromatic N) is 5. The van der Waals surface area contributed by atoms with Crippen LogP contribution in [-0.4, -0.2) is 104 Å². The number of fused-ring (bicyclic) bond motifs is 1. The number of piperazine rings is 1. The lowest BCUT2D eigenvalue weighted by molar-refractivity contribution is -0.386. The second kappa shape index (κ2) is 21.0. The normalized spacial score (nSPS) is 17.8. The summed E-state index contributed by atoms with van der Waals surface area (Å²) in [6, 6.07) is 17.5. The molecule has 366 valence electrons. The van der Waals surface area contributed by atoms with Gasteiger partial charge in [0.25, 0.3) is 15.9 Å². The lowest BCUT2D eigenvalue weighted by Crippen LogP contribution is -2.47. The molecule has 0 unspecified atom stereocenters. The summed E-state index contributed by atoms with van der Waals surface area (Å²) in [5, 5.41) is 13.0. The van der Waals surface area contributed by atoms with Crippen molar-refractivity contribution in [3.63, 3.8) is 0 Å². The fourth-order valence-electron chi connectivity index (χ4n) is 9.07. The van der Waals surface area contributed by atoms with Crippen LogP contribution in [0.3, 0.4) is 0 Å². The van der Waals surface area contributed by atoms with E-state index in [1.807, 2.05) is 24.3 Å². The van der Waals surface area contributed by atoms with Crippen molar-refractivity contribution < 1.29 is 46.3 Å². The Morgan fingerprint density at radius 1 is 0.986 bits per heavy atom. The van der Waals surface area contributed by atoms with Crippen LogP contribution >= 0.6 is 11.6 Å². The summed E-state index contributed by atoms with van der Waals surface area (Å²) in [6.07, 6.45) is 9.52. The van der Waals surface area contributed by atoms with Crippen LogP contribution in [0.25, 0.3) is 11.6 Å². The zero-order chi connectivity index (χ0) is 48.9. The number of rotatable bonds is 17. The Kier molecular flexibility index (Phi) is 15.1. The van der Waals surface area contributed by atoms with Gasteiger partial charge in [0, 0.05) is 94.5 Å². The molecule has 3 aromatic carbocycles. The number of sulfonamides is 1. The largest absolute Gasteiger partial charge is 0.483 e. The topological polar surface area (TPSA) is 171 Å². The Bertz CT molecular complexity index is 2750. The average molecular weight is 987 g/mol. The van der Waals surface area contributed by atoms with E-state index in [2.05, 4.69) is 40.8 Å². The number of carbonyl (C=O) groups excluding carboxylic acids is 2. The maximum Gasteiger partial charge on any atom is 0.312 e. The van der Waals surface area contributed by atoms with Crippen molar-refractivity contribution in [2.75, 3.05) is 64.2 Å². The van der Waals surface area contributed by atoms with Crippen molar-refractivity contribution in [1.29, 1.82) is 0 Å². The summed E-state index contributed by atoms with van der Waals surface area (Å²) in [5.41, 5.74) is 3.84. The van der Waals surface area contributed by atoms with Gasteiger partial charge in [0.2, 0.25) is 0 Å². The van der Waals surface area contributed by atoms with E-state index in [1.54, 1.807) is 25.1 Å². The Labute approximate surface area is 407 Å². The van der Waals surface area contributed by atoms with Crippen molar-refractivity contribution in [3.05, 3.63) is 122 Å². The highest BCUT2D eigenvalue weighted by atomic mass is 35.5. The third-order valence-electron chi connectivity index (χ3n) is 13.2. The first-order valence-electron chi connectivity index (χ1n) is 23.3. The molecule has 2 saturated heterocycles. The highest BCUT2D eigenvalue weighted by Crippen LogP contribution is 2.44. The number of allylic oxidation sites excluding steroid dienone is 2. The summed E-state index contributed by atoms with van der Waals surface area (Å²) in [6.45, 7) is 8.78. The molecule has 0 saturated carbocycles. The number of nitro benzene ring substituents is 1. The second-order valence-corrected chi connectivity index (χ2v) is 21.1. The molecule has 4 aliphatic rings. The van der Waals surface area contributed by atoms with Crippen LogP contribution in [-0.2, 0) is 30.7 Å². The summed E-state index contributed by atoms with van der Waals surface area (Å²) in [7, 11) is -5.00. The maximum absolute atomic E-state index is 15.4. The fraction of sp³-hybridized carbons (Fsp3) is 0.431. The minimum atomic E-state index is -5.00. The van der Waals surface area contributed by atoms with Gasteiger partial charge in [-0.25, -0.2) is 12.8 Å². The Morgan fingerprint density at radius 3 is 2.46 bits per heavy atom. The van der Waals surface area contributed by atoms with E-state index in [1.165, 1.54) is 29.0 Å². The van der Waals surface area contributed by atoms with Gasteiger partial charge in [-0.15, -0.1) is 0 Å². The smallest absolute Gasteiger partial charge is 0.312 e. The van der Waals surface area contributed by atoms with E-state index in [0.29, 0.717) is 41.0 Å². The molecule has 2 aliphatic carbocycles. The number of amides is 1. The number of carbonyl (C=O) groups is 2. The minimum Gasteiger partial charge on any atom is -0.483 e. The SMILES string of the molecule is CCCC(=O)OCN(C(=O)c1ccc(N2CCN(CC3=C(c4ccc(Cl)cc4)CC(C)(C)CC3)CC2)cc1Oc1cnc2c(c1)C=CC2)S(=O)(=O)c1ccc(OCC2(F)CCOCC2)c([N+](=O)[O-])c1. The minimum absolute atomic E-state index is 0.00863. The summed E-state index contributed by atoms with van der Waals surface area (Å²) < 4.78 is 67.5. The lowest BCUT2D eigenvalue weighted by atomic mass is 9.72. The van der Waals surface area contributed by atoms with Gasteiger partial charge in [-0.3, -0.25) is 29.6 Å². The molecule has 0 atom stereocenters. The Hall–Kier alpha value is -5.88. The van der Waals surface area contributed by atoms with Crippen molar-refractivity contribution in [3.8, 4) is 17.2 Å². The highest BCUT2D eigenvalue weighted by Gasteiger charge is 2.38. The van der Waals surface area contributed by atoms with Crippen molar-refractivity contribution in [2.24, 2.45) is 5.41 Å². The first-order valence-corrected chi connectivity index (χ1v) is 25.1. The molecule has 18 heteroatoms. The van der Waals surface area contributed by atoms with Gasteiger partial charge in [0.05, 0.1) is 27.3 Å². The first-order chi connectivity index (χ1) is 33.0. The van der Waals surface area contributed by atoms with Crippen LogP contribution in [0.15, 0.2) is 89.5 Å². The molecule has 3 heterocycles. The third kappa shape index (κ3) is 11.8. The molecule has 2 aliphatic heterocycles. The van der Waals surface area contributed by atoms with Crippen LogP contribution in [0, 0.1) is 15.5 Å². The van der Waals surface area contributed by atoms with Crippen molar-refractivity contribution >= 4 is 56.5 Å². The van der Waals surface area contributed by atoms with Gasteiger partial charge >= 0.3 is 11.7 Å². The van der Waals surface area contributed by atoms with Crippen molar-refractivity contribution in [1.82, 2.24) is 14.2 Å². The van der Waals surface area contributed by atoms with Crippen LogP contribution in [0.4, 0.5) is 15.8 Å². The number of esters is 1. The molecule has 0 N–H and O–H groups in total. The van der Waals surface area contributed by atoms with Crippen LogP contribution in [0.5, 0.6) is 17.2 Å². The molecular weight excluding hydrogens is 929 g/mol. The van der Waals surface area contributed by atoms with E-state index in [9.17, 15) is 28.1 Å². The summed E-state index contributed by atoms with van der Waals surface area (Å²) >= 11 is 6.26. The van der Waals surface area contributed by atoms with E-state index >= 15 is 4.39 Å². The standard InChI is InChI=1S/C51H57ClFN5O10S/c1-4-6-48(59)67-34-57(69(63,64)41-14-16-46(45(29-41)58(61)62)66-33-51(53)19-25-65-26-20-51)49(60)42-15-13-39(28-47(42)68-40-27-36-7-5-8-44(36)54-31-40)56-23-21-55(22-24-56)32-37-17-18-50(2,3)30-43(37)35-9-11-38(52)12-10-35/h5,7,9-16,27-29,31H,4,6,8,17-26,30,32-34H2,1-3H3. The van der Waals surface area contributed by atoms with Gasteiger partial charge in [-0.1, -0.05) is 62.2 Å². The molecule has 0 bridgehead atoms. The first kappa shape index (κ1) is 49.5. The molecular formula is C51H57ClFN5O10S. The number of benzene rings is 3. The number of hydrogen-bond donors (Lipinski definition) is 0. The monoisotopic (exact) mass is 985 g/mol. The number of alkyl halides is 1. The molecule has 8 rings (SSSR count).